The number of para-hydroxylation sites is 2. The predicted molar refractivity (Wildman–Crippen MR) is 210 cm³/mol. The molecule has 0 unspecified atom stereocenters. The monoisotopic (exact) mass is 670 g/mol. The van der Waals surface area contributed by atoms with Gasteiger partial charge in [0.1, 0.15) is 12.1 Å². The molecule has 0 aliphatic carbocycles. The van der Waals surface area contributed by atoms with E-state index in [0.29, 0.717) is 11.1 Å². The van der Waals surface area contributed by atoms with E-state index in [2.05, 4.69) is 149 Å². The van der Waals surface area contributed by atoms with Crippen LogP contribution in [0.25, 0.3) is 95.3 Å². The Bertz CT molecular complexity index is 3130. The van der Waals surface area contributed by atoms with Gasteiger partial charge in [0.05, 0.1) is 44.6 Å². The summed E-state index contributed by atoms with van der Waals surface area (Å²) >= 11 is 3.61. The molecule has 0 spiro atoms. The summed E-state index contributed by atoms with van der Waals surface area (Å²) < 4.78 is 9.42. The Hall–Kier alpha value is -6.44. The molecule has 0 aliphatic rings. The van der Waals surface area contributed by atoms with Gasteiger partial charge in [0.15, 0.2) is 0 Å². The highest BCUT2D eigenvalue weighted by molar-refractivity contribution is 7.26. The minimum absolute atomic E-state index is 0.454. The van der Waals surface area contributed by atoms with E-state index in [-0.39, 0.29) is 0 Å². The van der Waals surface area contributed by atoms with Crippen LogP contribution in [0.4, 0.5) is 0 Å². The molecule has 11 rings (SSSR count). The second kappa shape index (κ2) is 10.0. The van der Waals surface area contributed by atoms with Crippen LogP contribution in [0.2, 0.25) is 0 Å². The maximum atomic E-state index is 10.6. The van der Waals surface area contributed by atoms with Gasteiger partial charge in [0.2, 0.25) is 0 Å². The minimum atomic E-state index is 0.454. The van der Waals surface area contributed by atoms with Gasteiger partial charge in [-0.05, 0) is 60.7 Å². The molecule has 0 amide bonds. The maximum absolute atomic E-state index is 10.6. The number of rotatable bonds is 2. The molecule has 0 saturated heterocycles. The Balaban J connectivity index is 1.29. The van der Waals surface area contributed by atoms with E-state index in [1.807, 2.05) is 22.7 Å². The van der Waals surface area contributed by atoms with E-state index in [0.717, 1.165) is 44.2 Å². The molecule has 0 saturated carbocycles. The smallest absolute Gasteiger partial charge is 0.101 e. The maximum Gasteiger partial charge on any atom is 0.101 e. The lowest BCUT2D eigenvalue weighted by atomic mass is 10.0. The Morgan fingerprint density at radius 1 is 0.380 bits per heavy atom. The highest BCUT2D eigenvalue weighted by atomic mass is 32.1. The van der Waals surface area contributed by atoms with E-state index in [9.17, 15) is 10.5 Å². The molecule has 6 heteroatoms. The third kappa shape index (κ3) is 3.51. The highest BCUT2D eigenvalue weighted by Gasteiger charge is 2.23. The van der Waals surface area contributed by atoms with Crippen molar-refractivity contribution in [1.29, 1.82) is 10.5 Å². The first-order valence-electron chi connectivity index (χ1n) is 16.4. The highest BCUT2D eigenvalue weighted by Crippen LogP contribution is 2.46. The first kappa shape index (κ1) is 27.5. The summed E-state index contributed by atoms with van der Waals surface area (Å²) in [5.41, 5.74) is 6.51. The van der Waals surface area contributed by atoms with Gasteiger partial charge in [0, 0.05) is 61.9 Å². The summed E-state index contributed by atoms with van der Waals surface area (Å²) in [6, 6.07) is 51.6. The molecule has 4 aromatic heterocycles. The standard InChI is InChI=1S/C44H22N4S2/c45-23-25-21-26(24-46)36(48-32-14-6-2-10-28(32)42-34(48)18-20-40-44(42)30-12-4-8-16-38(30)50-40)22-35(25)47-31-13-5-1-9-27(31)41-33(47)17-19-39-43(41)29-11-3-7-15-37(29)49-39/h1-22H. The van der Waals surface area contributed by atoms with Crippen LogP contribution < -0.4 is 0 Å². The van der Waals surface area contributed by atoms with Gasteiger partial charge >= 0.3 is 0 Å². The van der Waals surface area contributed by atoms with Crippen LogP contribution in [0, 0.1) is 22.7 Å². The first-order chi connectivity index (χ1) is 24.7. The largest absolute Gasteiger partial charge is 0.308 e. The van der Waals surface area contributed by atoms with E-state index in [1.54, 1.807) is 6.07 Å². The lowest BCUT2D eigenvalue weighted by Gasteiger charge is -2.16. The van der Waals surface area contributed by atoms with Crippen LogP contribution in [0.1, 0.15) is 11.1 Å². The van der Waals surface area contributed by atoms with Gasteiger partial charge < -0.3 is 9.13 Å². The first-order valence-corrected chi connectivity index (χ1v) is 18.0. The van der Waals surface area contributed by atoms with Crippen molar-refractivity contribution in [3.05, 3.63) is 145 Å². The zero-order chi connectivity index (χ0) is 33.1. The fourth-order valence-corrected chi connectivity index (χ4v) is 10.4. The molecular weight excluding hydrogens is 649 g/mol. The summed E-state index contributed by atoms with van der Waals surface area (Å²) in [4.78, 5) is 0. The van der Waals surface area contributed by atoms with E-state index >= 15 is 0 Å². The molecular formula is C44H22N4S2. The summed E-state index contributed by atoms with van der Waals surface area (Å²) in [5, 5.41) is 30.9. The summed E-state index contributed by atoms with van der Waals surface area (Å²) in [6.45, 7) is 0. The molecule has 230 valence electrons. The number of fused-ring (bicyclic) bond motifs is 14. The normalized spacial score (nSPS) is 12.0. The number of benzene rings is 7. The van der Waals surface area contributed by atoms with Gasteiger partial charge in [-0.25, -0.2) is 0 Å². The molecule has 0 radical (unpaired) electrons. The Labute approximate surface area is 293 Å². The van der Waals surface area contributed by atoms with Gasteiger partial charge in [-0.1, -0.05) is 72.8 Å². The lowest BCUT2D eigenvalue weighted by Crippen LogP contribution is -2.04. The SMILES string of the molecule is N#Cc1cc(C#N)c(-n2c3ccccc3c3c4c(ccc32)sc2ccccc24)cc1-n1c2ccccc2c2c3c(ccc21)sc1ccccc13. The van der Waals surface area contributed by atoms with Crippen molar-refractivity contribution in [2.75, 3.05) is 0 Å². The zero-order valence-electron chi connectivity index (χ0n) is 26.3. The molecule has 0 atom stereocenters. The van der Waals surface area contributed by atoms with E-state index in [4.69, 9.17) is 0 Å². The van der Waals surface area contributed by atoms with Crippen molar-refractivity contribution in [1.82, 2.24) is 9.13 Å². The van der Waals surface area contributed by atoms with E-state index < -0.39 is 0 Å². The summed E-state index contributed by atoms with van der Waals surface area (Å²) in [5.74, 6) is 0. The average Bonchev–Trinajstić information content (AvgIpc) is 3.91. The quantitative estimate of drug-likeness (QED) is 0.184. The third-order valence-corrected chi connectivity index (χ3v) is 12.5. The molecule has 0 aliphatic heterocycles. The van der Waals surface area contributed by atoms with Crippen LogP contribution in [-0.2, 0) is 0 Å². The number of aromatic nitrogens is 2. The van der Waals surface area contributed by atoms with Gasteiger partial charge in [-0.2, -0.15) is 10.5 Å². The number of hydrogen-bond acceptors (Lipinski definition) is 4. The lowest BCUT2D eigenvalue weighted by molar-refractivity contribution is 1.12. The van der Waals surface area contributed by atoms with Crippen molar-refractivity contribution >= 4 is 107 Å². The van der Waals surface area contributed by atoms with Crippen molar-refractivity contribution in [2.24, 2.45) is 0 Å². The fraction of sp³-hybridized carbons (Fsp3) is 0. The molecule has 4 nitrogen and oxygen atoms in total. The molecule has 11 aromatic rings. The predicted octanol–water partition coefficient (Wildman–Crippen LogP) is 12.4. The van der Waals surface area contributed by atoms with Crippen LogP contribution in [0.15, 0.2) is 133 Å². The fourth-order valence-electron chi connectivity index (χ4n) is 8.19. The topological polar surface area (TPSA) is 57.4 Å². The number of hydrogen-bond donors (Lipinski definition) is 0. The van der Waals surface area contributed by atoms with Crippen LogP contribution in [0.3, 0.4) is 0 Å². The number of thiophene rings is 2. The number of nitrogens with zero attached hydrogens (tertiary/aromatic N) is 4. The molecule has 0 fully saturated rings. The molecule has 7 aromatic carbocycles. The Morgan fingerprint density at radius 2 is 0.800 bits per heavy atom. The van der Waals surface area contributed by atoms with Crippen LogP contribution in [0.5, 0.6) is 0 Å². The second-order valence-electron chi connectivity index (χ2n) is 12.7. The third-order valence-electron chi connectivity index (χ3n) is 10.2. The number of nitriles is 2. The van der Waals surface area contributed by atoms with Gasteiger partial charge in [-0.3, -0.25) is 0 Å². The summed E-state index contributed by atoms with van der Waals surface area (Å²) in [7, 11) is 0. The Kier molecular flexibility index (Phi) is 5.52. The van der Waals surface area contributed by atoms with Crippen LogP contribution >= 0.6 is 22.7 Å². The zero-order valence-corrected chi connectivity index (χ0v) is 27.9. The second-order valence-corrected chi connectivity index (χ2v) is 14.8. The van der Waals surface area contributed by atoms with Crippen molar-refractivity contribution in [3.63, 3.8) is 0 Å². The summed E-state index contributed by atoms with van der Waals surface area (Å²) in [6.07, 6.45) is 0. The van der Waals surface area contributed by atoms with Crippen LogP contribution in [-0.4, -0.2) is 9.13 Å². The minimum Gasteiger partial charge on any atom is -0.308 e. The average molecular weight is 671 g/mol. The molecule has 4 heterocycles. The van der Waals surface area contributed by atoms with Crippen molar-refractivity contribution in [2.45, 2.75) is 0 Å². The van der Waals surface area contributed by atoms with E-state index in [1.165, 1.54) is 51.1 Å². The van der Waals surface area contributed by atoms with Gasteiger partial charge in [-0.15, -0.1) is 22.7 Å². The Morgan fingerprint density at radius 3 is 1.26 bits per heavy atom. The van der Waals surface area contributed by atoms with Crippen molar-refractivity contribution in [3.8, 4) is 23.5 Å². The molecule has 50 heavy (non-hydrogen) atoms. The van der Waals surface area contributed by atoms with Crippen molar-refractivity contribution < 1.29 is 0 Å². The molecule has 0 N–H and O–H groups in total. The van der Waals surface area contributed by atoms with Gasteiger partial charge in [0.25, 0.3) is 0 Å². The molecule has 0 bridgehead atoms.